The summed E-state index contributed by atoms with van der Waals surface area (Å²) in [5.41, 5.74) is 5.42. The second-order valence-corrected chi connectivity index (χ2v) is 5.15. The zero-order valence-corrected chi connectivity index (χ0v) is 12.9. The van der Waals surface area contributed by atoms with Crippen LogP contribution < -0.4 is 5.73 Å². The van der Waals surface area contributed by atoms with Crippen molar-refractivity contribution in [2.24, 2.45) is 5.73 Å². The molecule has 0 spiro atoms. The lowest BCUT2D eigenvalue weighted by Crippen LogP contribution is -2.17. The molecule has 0 aliphatic carbocycles. The van der Waals surface area contributed by atoms with Crippen molar-refractivity contribution in [2.45, 2.75) is 12.7 Å². The van der Waals surface area contributed by atoms with Gasteiger partial charge in [-0.25, -0.2) is 9.67 Å². The molecule has 0 saturated carbocycles. The Morgan fingerprint density at radius 2 is 2.08 bits per heavy atom. The van der Waals surface area contributed by atoms with Crippen molar-refractivity contribution in [3.05, 3.63) is 46.6 Å². The Hall–Kier alpha value is -3.02. The molecule has 13 heteroatoms. The van der Waals surface area contributed by atoms with Gasteiger partial charge in [-0.2, -0.15) is 23.1 Å². The largest absolute Gasteiger partial charge is 0.455 e. The molecule has 25 heavy (non-hydrogen) atoms. The first-order valence-electron chi connectivity index (χ1n) is 6.60. The van der Waals surface area contributed by atoms with Crippen LogP contribution in [0, 0.1) is 0 Å². The van der Waals surface area contributed by atoms with Crippen molar-refractivity contribution in [1.29, 1.82) is 0 Å². The molecule has 0 bridgehead atoms. The van der Waals surface area contributed by atoms with E-state index in [-0.39, 0.29) is 28.8 Å². The van der Waals surface area contributed by atoms with E-state index in [4.69, 9.17) is 17.3 Å². The molecule has 3 aromatic heterocycles. The van der Waals surface area contributed by atoms with E-state index in [9.17, 15) is 18.0 Å². The zero-order valence-electron chi connectivity index (χ0n) is 12.1. The van der Waals surface area contributed by atoms with Gasteiger partial charge in [0.1, 0.15) is 12.2 Å². The summed E-state index contributed by atoms with van der Waals surface area (Å²) < 4.78 is 38.6. The van der Waals surface area contributed by atoms with Crippen LogP contribution in [0.4, 0.5) is 13.2 Å². The van der Waals surface area contributed by atoms with Gasteiger partial charge in [-0.1, -0.05) is 11.6 Å². The summed E-state index contributed by atoms with van der Waals surface area (Å²) in [5, 5.41) is 13.7. The van der Waals surface area contributed by atoms with E-state index in [1.54, 1.807) is 6.07 Å². The highest BCUT2D eigenvalue weighted by Gasteiger charge is 2.36. The van der Waals surface area contributed by atoms with E-state index >= 15 is 0 Å². The maximum Gasteiger partial charge on any atom is 0.455 e. The Bertz CT molecular complexity index is 935. The molecule has 3 aromatic rings. The molecule has 0 fully saturated rings. The first-order chi connectivity index (χ1) is 11.8. The van der Waals surface area contributed by atoms with Crippen molar-refractivity contribution in [3.63, 3.8) is 0 Å². The van der Waals surface area contributed by atoms with Crippen LogP contribution in [0.2, 0.25) is 5.02 Å². The Kier molecular flexibility index (Phi) is 4.12. The van der Waals surface area contributed by atoms with Gasteiger partial charge in [-0.05, 0) is 23.4 Å². The smallest absolute Gasteiger partial charge is 0.364 e. The third kappa shape index (κ3) is 3.42. The number of tetrazole rings is 1. The summed E-state index contributed by atoms with van der Waals surface area (Å²) in [5.74, 6) is -2.05. The fourth-order valence-electron chi connectivity index (χ4n) is 1.95. The molecule has 0 aromatic carbocycles. The van der Waals surface area contributed by atoms with Crippen molar-refractivity contribution < 1.29 is 18.0 Å². The van der Waals surface area contributed by atoms with Gasteiger partial charge >= 0.3 is 6.18 Å². The molecule has 0 radical (unpaired) electrons. The molecule has 3 rings (SSSR count). The minimum Gasteiger partial charge on any atom is -0.364 e. The minimum absolute atomic E-state index is 0.0493. The van der Waals surface area contributed by atoms with E-state index in [2.05, 4.69) is 25.5 Å². The third-order valence-electron chi connectivity index (χ3n) is 2.96. The summed E-state index contributed by atoms with van der Waals surface area (Å²) >= 11 is 6.02. The lowest BCUT2D eigenvalue weighted by atomic mass is 10.3. The maximum atomic E-state index is 12.5. The summed E-state index contributed by atoms with van der Waals surface area (Å²) in [4.78, 5) is 16.3. The lowest BCUT2D eigenvalue weighted by Gasteiger charge is -2.05. The molecule has 2 N–H and O–H groups in total. The molecule has 130 valence electrons. The standard InChI is InChI=1S/C12H8ClF3N8O/c13-7-2-1-3-18-10(7)24-8(9(17)25)4-6(20-24)5-23-21-11(19-22-23)12(14,15)16/h1-4H,5H2,(H2,17,25). The monoisotopic (exact) mass is 372 g/mol. The number of aromatic nitrogens is 7. The van der Waals surface area contributed by atoms with Crippen molar-refractivity contribution in [1.82, 2.24) is 35.0 Å². The van der Waals surface area contributed by atoms with E-state index < -0.39 is 17.9 Å². The maximum absolute atomic E-state index is 12.5. The molecule has 0 unspecified atom stereocenters. The average molecular weight is 373 g/mol. The molecule has 0 aliphatic rings. The normalized spacial score (nSPS) is 11.7. The number of alkyl halides is 3. The molecule has 1 amide bonds. The number of hydrogen-bond donors (Lipinski definition) is 1. The van der Waals surface area contributed by atoms with Gasteiger partial charge in [0.15, 0.2) is 5.82 Å². The first kappa shape index (κ1) is 16.8. The van der Waals surface area contributed by atoms with Gasteiger partial charge in [-0.3, -0.25) is 4.79 Å². The summed E-state index contributed by atoms with van der Waals surface area (Å²) in [6, 6.07) is 4.40. The Balaban J connectivity index is 1.96. The predicted molar refractivity (Wildman–Crippen MR) is 76.8 cm³/mol. The van der Waals surface area contributed by atoms with Crippen LogP contribution in [-0.2, 0) is 12.7 Å². The number of amides is 1. The van der Waals surface area contributed by atoms with Gasteiger partial charge < -0.3 is 5.73 Å². The van der Waals surface area contributed by atoms with Crippen molar-refractivity contribution >= 4 is 17.5 Å². The molecule has 0 aliphatic heterocycles. The quantitative estimate of drug-likeness (QED) is 0.732. The fourth-order valence-corrected chi connectivity index (χ4v) is 2.15. The topological polar surface area (TPSA) is 117 Å². The number of rotatable bonds is 4. The number of nitrogens with zero attached hydrogens (tertiary/aromatic N) is 7. The highest BCUT2D eigenvalue weighted by Crippen LogP contribution is 2.25. The van der Waals surface area contributed by atoms with Gasteiger partial charge in [0.05, 0.1) is 10.7 Å². The van der Waals surface area contributed by atoms with E-state index in [1.165, 1.54) is 18.3 Å². The summed E-state index contributed by atoms with van der Waals surface area (Å²) in [6.07, 6.45) is -3.28. The van der Waals surface area contributed by atoms with E-state index in [0.717, 1.165) is 4.68 Å². The van der Waals surface area contributed by atoms with Crippen molar-refractivity contribution in [2.75, 3.05) is 0 Å². The lowest BCUT2D eigenvalue weighted by molar-refractivity contribution is -0.145. The van der Waals surface area contributed by atoms with Crippen LogP contribution in [0.3, 0.4) is 0 Å². The van der Waals surface area contributed by atoms with Crippen LogP contribution in [0.5, 0.6) is 0 Å². The predicted octanol–water partition coefficient (Wildman–Crippen LogP) is 1.07. The number of nitrogens with two attached hydrogens (primary N) is 1. The number of pyridine rings is 1. The first-order valence-corrected chi connectivity index (χ1v) is 6.98. The van der Waals surface area contributed by atoms with Gasteiger partial charge in [-0.15, -0.1) is 10.2 Å². The average Bonchev–Trinajstić information content (AvgIpc) is 3.15. The number of carbonyl (C=O) groups excluding carboxylic acids is 1. The Labute approximate surface area is 142 Å². The van der Waals surface area contributed by atoms with Gasteiger partial charge in [0, 0.05) is 6.20 Å². The highest BCUT2D eigenvalue weighted by molar-refractivity contribution is 6.32. The summed E-state index contributed by atoms with van der Waals surface area (Å²) in [7, 11) is 0. The van der Waals surface area contributed by atoms with Gasteiger partial charge in [0.2, 0.25) is 0 Å². The van der Waals surface area contributed by atoms with Crippen LogP contribution >= 0.6 is 11.6 Å². The molecular formula is C12H8ClF3N8O. The number of halogens is 4. The second-order valence-electron chi connectivity index (χ2n) is 4.75. The summed E-state index contributed by atoms with van der Waals surface area (Å²) in [6.45, 7) is -0.263. The molecule has 0 saturated heterocycles. The van der Waals surface area contributed by atoms with Crippen LogP contribution in [0.15, 0.2) is 24.4 Å². The highest BCUT2D eigenvalue weighted by atomic mass is 35.5. The third-order valence-corrected chi connectivity index (χ3v) is 3.26. The minimum atomic E-state index is -4.71. The molecule has 3 heterocycles. The number of primary amides is 1. The SMILES string of the molecule is NC(=O)c1cc(Cn2nnc(C(F)(F)F)n2)nn1-c1ncccc1Cl. The molecular weight excluding hydrogens is 365 g/mol. The number of carbonyl (C=O) groups is 1. The van der Waals surface area contributed by atoms with E-state index in [0.29, 0.717) is 4.80 Å². The van der Waals surface area contributed by atoms with Crippen LogP contribution in [-0.4, -0.2) is 40.9 Å². The molecule has 0 atom stereocenters. The van der Waals surface area contributed by atoms with Crippen LogP contribution in [0.1, 0.15) is 22.0 Å². The molecule has 9 nitrogen and oxygen atoms in total. The van der Waals surface area contributed by atoms with Crippen molar-refractivity contribution in [3.8, 4) is 5.82 Å². The van der Waals surface area contributed by atoms with Gasteiger partial charge in [0.25, 0.3) is 11.7 Å². The zero-order chi connectivity index (χ0) is 18.2. The Morgan fingerprint density at radius 1 is 1.32 bits per heavy atom. The second kappa shape index (κ2) is 6.12. The fraction of sp³-hybridized carbons (Fsp3) is 0.167. The van der Waals surface area contributed by atoms with Crippen LogP contribution in [0.25, 0.3) is 5.82 Å². The van der Waals surface area contributed by atoms with E-state index in [1.807, 2.05) is 0 Å². The Morgan fingerprint density at radius 3 is 2.68 bits per heavy atom. The number of hydrogen-bond acceptors (Lipinski definition) is 6.